The third kappa shape index (κ3) is 3.11. The molecule has 0 fully saturated rings. The Bertz CT molecular complexity index is 467. The molecule has 18 heavy (non-hydrogen) atoms. The number of nitrogens with zero attached hydrogens (tertiary/aromatic N) is 1. The molecule has 1 N–H and O–H groups in total. The fourth-order valence-corrected chi connectivity index (χ4v) is 2.45. The van der Waals surface area contributed by atoms with E-state index in [9.17, 15) is 10.1 Å². The average Bonchev–Trinajstić information content (AvgIpc) is 2.30. The highest BCUT2D eigenvalue weighted by Gasteiger charge is 2.34. The summed E-state index contributed by atoms with van der Waals surface area (Å²) >= 11 is 3.39. The summed E-state index contributed by atoms with van der Waals surface area (Å²) in [5.41, 5.74) is 0.833. The molecule has 96 valence electrons. The van der Waals surface area contributed by atoms with Gasteiger partial charge in [0, 0.05) is 10.2 Å². The zero-order valence-corrected chi connectivity index (χ0v) is 12.5. The van der Waals surface area contributed by atoms with E-state index in [2.05, 4.69) is 27.3 Å². The molecule has 4 heteroatoms. The molecule has 0 saturated heterocycles. The van der Waals surface area contributed by atoms with Gasteiger partial charge in [-0.25, -0.2) is 0 Å². The SMILES string of the molecule is CCC(C#N)(CC)C(=O)Nc1cc(C)cc(Br)c1. The number of carbonyl (C=O) groups is 1. The van der Waals surface area contributed by atoms with E-state index in [1.165, 1.54) is 0 Å². The van der Waals surface area contributed by atoms with Crippen molar-refractivity contribution in [3.05, 3.63) is 28.2 Å². The molecule has 0 spiro atoms. The number of nitrogens with one attached hydrogen (secondary N) is 1. The number of hydrogen-bond acceptors (Lipinski definition) is 2. The summed E-state index contributed by atoms with van der Waals surface area (Å²) in [5, 5.41) is 12.0. The molecule has 0 saturated carbocycles. The predicted molar refractivity (Wildman–Crippen MR) is 76.1 cm³/mol. The maximum absolute atomic E-state index is 12.2. The van der Waals surface area contributed by atoms with Gasteiger partial charge in [-0.15, -0.1) is 0 Å². The van der Waals surface area contributed by atoms with Gasteiger partial charge in [0.15, 0.2) is 0 Å². The topological polar surface area (TPSA) is 52.9 Å². The first-order valence-corrected chi connectivity index (χ1v) is 6.76. The first kappa shape index (κ1) is 14.7. The van der Waals surface area contributed by atoms with Gasteiger partial charge in [0.05, 0.1) is 6.07 Å². The van der Waals surface area contributed by atoms with Crippen molar-refractivity contribution in [2.75, 3.05) is 5.32 Å². The number of hydrogen-bond donors (Lipinski definition) is 1. The predicted octanol–water partition coefficient (Wildman–Crippen LogP) is 4.03. The molecule has 0 atom stereocenters. The molecule has 1 amide bonds. The lowest BCUT2D eigenvalue weighted by Crippen LogP contribution is -2.33. The molecule has 3 nitrogen and oxygen atoms in total. The van der Waals surface area contributed by atoms with E-state index >= 15 is 0 Å². The molecule has 0 radical (unpaired) electrons. The van der Waals surface area contributed by atoms with Crippen LogP contribution in [0.15, 0.2) is 22.7 Å². The second-order valence-corrected chi connectivity index (χ2v) is 5.29. The van der Waals surface area contributed by atoms with Crippen molar-refractivity contribution in [2.24, 2.45) is 5.41 Å². The molecule has 1 rings (SSSR count). The van der Waals surface area contributed by atoms with Crippen LogP contribution in [0.2, 0.25) is 0 Å². The third-order valence-electron chi connectivity index (χ3n) is 3.16. The second-order valence-electron chi connectivity index (χ2n) is 4.37. The van der Waals surface area contributed by atoms with Gasteiger partial charge in [0.25, 0.3) is 0 Å². The minimum Gasteiger partial charge on any atom is -0.325 e. The molecule has 0 unspecified atom stereocenters. The fraction of sp³-hybridized carbons (Fsp3) is 0.429. The first-order valence-electron chi connectivity index (χ1n) is 5.97. The Morgan fingerprint density at radius 3 is 2.44 bits per heavy atom. The van der Waals surface area contributed by atoms with Gasteiger partial charge in [-0.05, 0) is 43.5 Å². The van der Waals surface area contributed by atoms with Crippen LogP contribution < -0.4 is 5.32 Å². The van der Waals surface area contributed by atoms with Crippen LogP contribution in [0.25, 0.3) is 0 Å². The highest BCUT2D eigenvalue weighted by atomic mass is 79.9. The Kier molecular flexibility index (Phi) is 4.92. The fourth-order valence-electron chi connectivity index (χ4n) is 1.84. The summed E-state index contributed by atoms with van der Waals surface area (Å²) in [6.45, 7) is 5.68. The molecule has 0 heterocycles. The van der Waals surface area contributed by atoms with E-state index in [-0.39, 0.29) is 5.91 Å². The van der Waals surface area contributed by atoms with Crippen LogP contribution in [0.5, 0.6) is 0 Å². The largest absolute Gasteiger partial charge is 0.325 e. The van der Waals surface area contributed by atoms with Crippen molar-refractivity contribution in [2.45, 2.75) is 33.6 Å². The van der Waals surface area contributed by atoms with Crippen molar-refractivity contribution < 1.29 is 4.79 Å². The number of carbonyl (C=O) groups excluding carboxylic acids is 1. The normalized spacial score (nSPS) is 10.8. The van der Waals surface area contributed by atoms with Crippen molar-refractivity contribution in [1.82, 2.24) is 0 Å². The van der Waals surface area contributed by atoms with E-state index in [0.29, 0.717) is 18.5 Å². The van der Waals surface area contributed by atoms with Gasteiger partial charge < -0.3 is 5.32 Å². The highest BCUT2D eigenvalue weighted by molar-refractivity contribution is 9.10. The summed E-state index contributed by atoms with van der Waals surface area (Å²) in [7, 11) is 0. The van der Waals surface area contributed by atoms with Crippen molar-refractivity contribution in [3.63, 3.8) is 0 Å². The first-order chi connectivity index (χ1) is 8.47. The summed E-state index contributed by atoms with van der Waals surface area (Å²) in [5.74, 6) is -0.229. The molecule has 0 aliphatic rings. The van der Waals surface area contributed by atoms with Crippen LogP contribution in [-0.4, -0.2) is 5.91 Å². The van der Waals surface area contributed by atoms with Gasteiger partial charge in [0.2, 0.25) is 5.91 Å². The number of amides is 1. The average molecular weight is 309 g/mol. The number of nitriles is 1. The quantitative estimate of drug-likeness (QED) is 0.913. The van der Waals surface area contributed by atoms with Crippen LogP contribution in [-0.2, 0) is 4.79 Å². The molecule has 0 aliphatic carbocycles. The Morgan fingerprint density at radius 2 is 2.00 bits per heavy atom. The Balaban J connectivity index is 2.97. The number of halogens is 1. The zero-order valence-electron chi connectivity index (χ0n) is 10.9. The molecule has 1 aromatic rings. The molecule has 0 aromatic heterocycles. The number of anilines is 1. The van der Waals surface area contributed by atoms with Gasteiger partial charge in [0.1, 0.15) is 5.41 Å². The van der Waals surface area contributed by atoms with Gasteiger partial charge in [-0.1, -0.05) is 29.8 Å². The van der Waals surface area contributed by atoms with E-state index in [1.54, 1.807) is 0 Å². The summed E-state index contributed by atoms with van der Waals surface area (Å²) < 4.78 is 0.911. The van der Waals surface area contributed by atoms with Crippen molar-refractivity contribution in [1.29, 1.82) is 5.26 Å². The van der Waals surface area contributed by atoms with Crippen molar-refractivity contribution >= 4 is 27.5 Å². The summed E-state index contributed by atoms with van der Waals surface area (Å²) in [6, 6.07) is 7.82. The van der Waals surface area contributed by atoms with Crippen LogP contribution in [0.4, 0.5) is 5.69 Å². The Labute approximate surface area is 116 Å². The van der Waals surface area contributed by atoms with E-state index < -0.39 is 5.41 Å². The number of benzene rings is 1. The van der Waals surface area contributed by atoms with Crippen LogP contribution in [0, 0.1) is 23.7 Å². The summed E-state index contributed by atoms with van der Waals surface area (Å²) in [6.07, 6.45) is 1.03. The lowest BCUT2D eigenvalue weighted by molar-refractivity contribution is -0.123. The van der Waals surface area contributed by atoms with E-state index in [1.807, 2.05) is 39.0 Å². The van der Waals surface area contributed by atoms with Crippen molar-refractivity contribution in [3.8, 4) is 6.07 Å². The monoisotopic (exact) mass is 308 g/mol. The Morgan fingerprint density at radius 1 is 1.39 bits per heavy atom. The van der Waals surface area contributed by atoms with Gasteiger partial charge >= 0.3 is 0 Å². The minimum atomic E-state index is -0.934. The van der Waals surface area contributed by atoms with Crippen LogP contribution in [0.1, 0.15) is 32.3 Å². The van der Waals surface area contributed by atoms with Gasteiger partial charge in [-0.2, -0.15) is 5.26 Å². The van der Waals surface area contributed by atoms with E-state index in [0.717, 1.165) is 10.0 Å². The Hall–Kier alpha value is -1.34. The number of rotatable bonds is 4. The standard InChI is InChI=1S/C14H17BrN2O/c1-4-14(5-2,9-16)13(18)17-12-7-10(3)6-11(15)8-12/h6-8H,4-5H2,1-3H3,(H,17,18). The molecular weight excluding hydrogens is 292 g/mol. The molecule has 1 aromatic carbocycles. The van der Waals surface area contributed by atoms with Gasteiger partial charge in [-0.3, -0.25) is 4.79 Å². The maximum Gasteiger partial charge on any atom is 0.244 e. The zero-order chi connectivity index (χ0) is 13.8. The lowest BCUT2D eigenvalue weighted by Gasteiger charge is -2.22. The molecule has 0 bridgehead atoms. The van der Waals surface area contributed by atoms with Crippen LogP contribution >= 0.6 is 15.9 Å². The smallest absolute Gasteiger partial charge is 0.244 e. The molecule has 0 aliphatic heterocycles. The minimum absolute atomic E-state index is 0.229. The highest BCUT2D eigenvalue weighted by Crippen LogP contribution is 2.28. The maximum atomic E-state index is 12.2. The number of aryl methyl sites for hydroxylation is 1. The lowest BCUT2D eigenvalue weighted by atomic mass is 9.83. The molecular formula is C14H17BrN2O. The second kappa shape index (κ2) is 6.01. The van der Waals surface area contributed by atoms with Crippen LogP contribution in [0.3, 0.4) is 0 Å². The van der Waals surface area contributed by atoms with E-state index in [4.69, 9.17) is 0 Å². The third-order valence-corrected chi connectivity index (χ3v) is 3.61. The summed E-state index contributed by atoms with van der Waals surface area (Å²) in [4.78, 5) is 12.2.